The van der Waals surface area contributed by atoms with Crippen LogP contribution in [-0.4, -0.2) is 13.1 Å². The quantitative estimate of drug-likeness (QED) is 0.792. The predicted octanol–water partition coefficient (Wildman–Crippen LogP) is 3.64. The summed E-state index contributed by atoms with van der Waals surface area (Å²) in [5.41, 5.74) is 3.54. The Balaban J connectivity index is 2.85. The minimum absolute atomic E-state index is 0.219. The van der Waals surface area contributed by atoms with Crippen LogP contribution in [0.15, 0.2) is 22.7 Å². The first kappa shape index (κ1) is 13.0. The van der Waals surface area contributed by atoms with E-state index in [-0.39, 0.29) is 5.97 Å². The Morgan fingerprint density at radius 3 is 2.44 bits per heavy atom. The topological polar surface area (TPSA) is 26.3 Å². The first-order valence-corrected chi connectivity index (χ1v) is 5.84. The third kappa shape index (κ3) is 3.49. The molecule has 0 bridgehead atoms. The van der Waals surface area contributed by atoms with Gasteiger partial charge in [-0.3, -0.25) is 4.79 Å². The SMILES string of the molecule is COC(=O)CC=Cc1c(C)cc(Br)cc1C. The molecule has 0 heterocycles. The normalized spacial score (nSPS) is 10.8. The zero-order valence-electron chi connectivity index (χ0n) is 9.71. The van der Waals surface area contributed by atoms with Crippen LogP contribution < -0.4 is 0 Å². The first-order valence-electron chi connectivity index (χ1n) is 5.04. The Bertz CT molecular complexity index is 399. The highest BCUT2D eigenvalue weighted by molar-refractivity contribution is 9.10. The summed E-state index contributed by atoms with van der Waals surface area (Å²) < 4.78 is 5.65. The number of ether oxygens (including phenoxy) is 1. The van der Waals surface area contributed by atoms with Gasteiger partial charge in [-0.1, -0.05) is 28.1 Å². The van der Waals surface area contributed by atoms with Gasteiger partial charge in [-0.05, 0) is 42.7 Å². The lowest BCUT2D eigenvalue weighted by Crippen LogP contribution is -1.96. The number of aryl methyl sites for hydroxylation is 2. The van der Waals surface area contributed by atoms with E-state index in [1.165, 1.54) is 18.2 Å². The van der Waals surface area contributed by atoms with Gasteiger partial charge in [0.2, 0.25) is 0 Å². The van der Waals surface area contributed by atoms with Gasteiger partial charge in [0.25, 0.3) is 0 Å². The van der Waals surface area contributed by atoms with Crippen LogP contribution in [0.4, 0.5) is 0 Å². The molecule has 0 N–H and O–H groups in total. The fourth-order valence-electron chi connectivity index (χ4n) is 1.54. The fraction of sp³-hybridized carbons (Fsp3) is 0.308. The summed E-state index contributed by atoms with van der Waals surface area (Å²) in [5, 5.41) is 0. The molecule has 3 heteroatoms. The number of halogens is 1. The minimum Gasteiger partial charge on any atom is -0.469 e. The molecule has 0 amide bonds. The van der Waals surface area contributed by atoms with Crippen molar-refractivity contribution in [3.05, 3.63) is 39.4 Å². The number of hydrogen-bond acceptors (Lipinski definition) is 2. The summed E-state index contributed by atoms with van der Waals surface area (Å²) in [4.78, 5) is 10.9. The maximum Gasteiger partial charge on any atom is 0.309 e. The molecule has 0 radical (unpaired) electrons. The third-order valence-corrected chi connectivity index (χ3v) is 2.81. The minimum atomic E-state index is -0.219. The van der Waals surface area contributed by atoms with Crippen molar-refractivity contribution in [3.63, 3.8) is 0 Å². The smallest absolute Gasteiger partial charge is 0.309 e. The molecular weight excluding hydrogens is 268 g/mol. The van der Waals surface area contributed by atoms with Gasteiger partial charge in [-0.2, -0.15) is 0 Å². The van der Waals surface area contributed by atoms with Crippen molar-refractivity contribution in [3.8, 4) is 0 Å². The van der Waals surface area contributed by atoms with E-state index in [0.717, 1.165) is 10.0 Å². The standard InChI is InChI=1S/C13H15BrO2/c1-9-7-11(14)8-10(2)12(9)5-4-6-13(15)16-3/h4-5,7-8H,6H2,1-3H3. The van der Waals surface area contributed by atoms with Crippen molar-refractivity contribution in [2.24, 2.45) is 0 Å². The summed E-state index contributed by atoms with van der Waals surface area (Å²) in [6.45, 7) is 4.10. The highest BCUT2D eigenvalue weighted by atomic mass is 79.9. The number of methoxy groups -OCH3 is 1. The van der Waals surface area contributed by atoms with E-state index in [4.69, 9.17) is 0 Å². The number of benzene rings is 1. The molecule has 0 aliphatic heterocycles. The molecule has 0 saturated heterocycles. The van der Waals surface area contributed by atoms with Crippen LogP contribution >= 0.6 is 15.9 Å². The Morgan fingerprint density at radius 2 is 1.94 bits per heavy atom. The molecule has 1 aromatic rings. The Labute approximate surface area is 104 Å². The second-order valence-corrected chi connectivity index (χ2v) is 4.55. The second-order valence-electron chi connectivity index (χ2n) is 3.64. The molecule has 0 aromatic heterocycles. The van der Waals surface area contributed by atoms with Crippen molar-refractivity contribution in [2.45, 2.75) is 20.3 Å². The number of carbonyl (C=O) groups is 1. The lowest BCUT2D eigenvalue weighted by molar-refractivity contribution is -0.139. The molecule has 0 fully saturated rings. The second kappa shape index (κ2) is 5.85. The zero-order valence-corrected chi connectivity index (χ0v) is 11.3. The first-order chi connectivity index (χ1) is 7.54. The van der Waals surface area contributed by atoms with Gasteiger partial charge in [0, 0.05) is 4.47 Å². The molecule has 0 aliphatic rings. The van der Waals surface area contributed by atoms with Gasteiger partial charge < -0.3 is 4.74 Å². The average Bonchev–Trinajstić information content (AvgIpc) is 2.21. The van der Waals surface area contributed by atoms with Crippen molar-refractivity contribution in [1.29, 1.82) is 0 Å². The van der Waals surface area contributed by atoms with E-state index in [2.05, 4.69) is 46.6 Å². The molecular formula is C13H15BrO2. The van der Waals surface area contributed by atoms with Crippen LogP contribution in [0.3, 0.4) is 0 Å². The third-order valence-electron chi connectivity index (χ3n) is 2.36. The fourth-order valence-corrected chi connectivity index (χ4v) is 2.23. The maximum absolute atomic E-state index is 10.9. The molecule has 1 aromatic carbocycles. The number of rotatable bonds is 3. The average molecular weight is 283 g/mol. The van der Waals surface area contributed by atoms with E-state index in [0.29, 0.717) is 6.42 Å². The van der Waals surface area contributed by atoms with Gasteiger partial charge in [0.15, 0.2) is 0 Å². The van der Waals surface area contributed by atoms with Gasteiger partial charge >= 0.3 is 5.97 Å². The van der Waals surface area contributed by atoms with Gasteiger partial charge in [0.1, 0.15) is 0 Å². The molecule has 86 valence electrons. The molecule has 0 saturated carbocycles. The Hall–Kier alpha value is -1.09. The monoisotopic (exact) mass is 282 g/mol. The van der Waals surface area contributed by atoms with Crippen molar-refractivity contribution in [1.82, 2.24) is 0 Å². The lowest BCUT2D eigenvalue weighted by Gasteiger charge is -2.06. The predicted molar refractivity (Wildman–Crippen MR) is 69.3 cm³/mol. The van der Waals surface area contributed by atoms with Crippen LogP contribution in [0.1, 0.15) is 23.1 Å². The number of hydrogen-bond donors (Lipinski definition) is 0. The van der Waals surface area contributed by atoms with Gasteiger partial charge in [0.05, 0.1) is 13.5 Å². The molecule has 0 unspecified atom stereocenters. The Morgan fingerprint density at radius 1 is 1.38 bits per heavy atom. The summed E-state index contributed by atoms with van der Waals surface area (Å²) in [6, 6.07) is 4.12. The molecule has 0 aliphatic carbocycles. The summed E-state index contributed by atoms with van der Waals surface area (Å²) >= 11 is 3.45. The summed E-state index contributed by atoms with van der Waals surface area (Å²) in [5.74, 6) is -0.219. The molecule has 16 heavy (non-hydrogen) atoms. The maximum atomic E-state index is 10.9. The molecule has 2 nitrogen and oxygen atoms in total. The van der Waals surface area contributed by atoms with Crippen LogP contribution in [0.2, 0.25) is 0 Å². The van der Waals surface area contributed by atoms with Crippen LogP contribution in [0, 0.1) is 13.8 Å². The Kier molecular flexibility index (Phi) is 4.74. The van der Waals surface area contributed by atoms with Crippen LogP contribution in [0.5, 0.6) is 0 Å². The largest absolute Gasteiger partial charge is 0.469 e. The zero-order chi connectivity index (χ0) is 12.1. The number of esters is 1. The lowest BCUT2D eigenvalue weighted by atomic mass is 10.0. The van der Waals surface area contributed by atoms with Crippen LogP contribution in [0.25, 0.3) is 6.08 Å². The van der Waals surface area contributed by atoms with E-state index >= 15 is 0 Å². The molecule has 1 rings (SSSR count). The highest BCUT2D eigenvalue weighted by Gasteiger charge is 2.01. The van der Waals surface area contributed by atoms with E-state index in [1.54, 1.807) is 0 Å². The van der Waals surface area contributed by atoms with Crippen molar-refractivity contribution < 1.29 is 9.53 Å². The van der Waals surface area contributed by atoms with E-state index in [9.17, 15) is 4.79 Å². The van der Waals surface area contributed by atoms with E-state index < -0.39 is 0 Å². The summed E-state index contributed by atoms with van der Waals surface area (Å²) in [7, 11) is 1.40. The molecule has 0 atom stereocenters. The highest BCUT2D eigenvalue weighted by Crippen LogP contribution is 2.21. The van der Waals surface area contributed by atoms with E-state index in [1.807, 2.05) is 12.2 Å². The van der Waals surface area contributed by atoms with Gasteiger partial charge in [-0.25, -0.2) is 0 Å². The van der Waals surface area contributed by atoms with Crippen molar-refractivity contribution in [2.75, 3.05) is 7.11 Å². The van der Waals surface area contributed by atoms with Gasteiger partial charge in [-0.15, -0.1) is 0 Å². The number of carbonyl (C=O) groups excluding carboxylic acids is 1. The van der Waals surface area contributed by atoms with Crippen molar-refractivity contribution >= 4 is 28.0 Å². The summed E-state index contributed by atoms with van der Waals surface area (Å²) in [6.07, 6.45) is 4.11. The molecule has 0 spiro atoms. The van der Waals surface area contributed by atoms with Crippen LogP contribution in [-0.2, 0) is 9.53 Å².